The molecule has 3 aromatic heterocycles. The Kier molecular flexibility index (Phi) is 7.11. The first-order valence-electron chi connectivity index (χ1n) is 13.2. The monoisotopic (exact) mass is 624 g/mol. The Hall–Kier alpha value is -3.17. The molecule has 2 aliphatic rings. The molecule has 0 saturated carbocycles. The smallest absolute Gasteiger partial charge is 0.235 e. The Labute approximate surface area is 252 Å². The van der Waals surface area contributed by atoms with E-state index in [0.29, 0.717) is 63.0 Å². The van der Waals surface area contributed by atoms with Crippen molar-refractivity contribution < 1.29 is 18.3 Å². The lowest BCUT2D eigenvalue weighted by Gasteiger charge is -2.33. The number of thiophene rings is 1. The molecule has 5 aromatic rings. The van der Waals surface area contributed by atoms with Crippen LogP contribution < -0.4 is 20.3 Å². The topological polar surface area (TPSA) is 78.9 Å². The van der Waals surface area contributed by atoms with Gasteiger partial charge in [-0.1, -0.05) is 35.3 Å². The van der Waals surface area contributed by atoms with E-state index in [2.05, 4.69) is 6.08 Å². The first-order valence-corrected chi connectivity index (χ1v) is 15.7. The molecule has 6 nitrogen and oxygen atoms in total. The highest BCUT2D eigenvalue weighted by molar-refractivity contribution is 8.02. The zero-order valence-corrected chi connectivity index (χ0v) is 24.6. The normalized spacial score (nSPS) is 19.3. The van der Waals surface area contributed by atoms with E-state index in [4.69, 9.17) is 41.5 Å². The van der Waals surface area contributed by atoms with Crippen molar-refractivity contribution >= 4 is 68.2 Å². The third-order valence-electron chi connectivity index (χ3n) is 7.35. The predicted octanol–water partition coefficient (Wildman–Crippen LogP) is 8.86. The van der Waals surface area contributed by atoms with Gasteiger partial charge in [-0.05, 0) is 72.5 Å². The third-order valence-corrected chi connectivity index (χ3v) is 9.83. The summed E-state index contributed by atoms with van der Waals surface area (Å²) in [5.74, 6) is 1.54. The molecule has 3 atom stereocenters. The fourth-order valence-electron chi connectivity index (χ4n) is 5.39. The maximum atomic E-state index is 13.4. The Morgan fingerprint density at radius 3 is 2.41 bits per heavy atom. The van der Waals surface area contributed by atoms with Gasteiger partial charge in [-0.2, -0.15) is 0 Å². The number of hydrogen-bond acceptors (Lipinski definition) is 8. The molecule has 0 saturated heterocycles. The fourth-order valence-corrected chi connectivity index (χ4v) is 7.60. The van der Waals surface area contributed by atoms with Gasteiger partial charge in [-0.3, -0.25) is 9.59 Å². The van der Waals surface area contributed by atoms with Crippen molar-refractivity contribution in [2.75, 3.05) is 6.61 Å². The second-order valence-electron chi connectivity index (χ2n) is 9.94. The maximum absolute atomic E-state index is 13.4. The van der Waals surface area contributed by atoms with E-state index in [1.807, 2.05) is 22.9 Å². The van der Waals surface area contributed by atoms with Gasteiger partial charge in [-0.25, -0.2) is 0 Å². The van der Waals surface area contributed by atoms with Crippen molar-refractivity contribution in [3.05, 3.63) is 102 Å². The molecule has 10 heteroatoms. The lowest BCUT2D eigenvalue weighted by Crippen LogP contribution is -2.35. The summed E-state index contributed by atoms with van der Waals surface area (Å²) in [6, 6.07) is 13.8. The summed E-state index contributed by atoms with van der Waals surface area (Å²) in [4.78, 5) is 27.5. The van der Waals surface area contributed by atoms with Gasteiger partial charge in [0.15, 0.2) is 11.5 Å². The predicted molar refractivity (Wildman–Crippen MR) is 165 cm³/mol. The van der Waals surface area contributed by atoms with Crippen molar-refractivity contribution in [1.82, 2.24) is 0 Å². The van der Waals surface area contributed by atoms with E-state index >= 15 is 0 Å². The van der Waals surface area contributed by atoms with E-state index in [1.165, 1.54) is 11.3 Å². The summed E-state index contributed by atoms with van der Waals surface area (Å²) in [5.41, 5.74) is 0.513. The molecule has 7 rings (SSSR count). The molecule has 2 aliphatic heterocycles. The minimum Gasteiger partial charge on any atom is -0.486 e. The summed E-state index contributed by atoms with van der Waals surface area (Å²) in [7, 11) is 0. The van der Waals surface area contributed by atoms with Gasteiger partial charge in [0.05, 0.1) is 27.5 Å². The number of thioether (sulfide) groups is 1. The van der Waals surface area contributed by atoms with Crippen LogP contribution >= 0.6 is 46.3 Å². The molecule has 0 aliphatic carbocycles. The average molecular weight is 626 g/mol. The summed E-state index contributed by atoms with van der Waals surface area (Å²) in [5, 5.41) is 5.67. The first kappa shape index (κ1) is 26.7. The minimum atomic E-state index is -0.251. The van der Waals surface area contributed by atoms with Gasteiger partial charge >= 0.3 is 0 Å². The van der Waals surface area contributed by atoms with Gasteiger partial charge in [0.2, 0.25) is 22.4 Å². The van der Waals surface area contributed by atoms with Crippen molar-refractivity contribution in [2.45, 2.75) is 30.6 Å². The van der Waals surface area contributed by atoms with Gasteiger partial charge in [0.25, 0.3) is 0 Å². The van der Waals surface area contributed by atoms with Crippen LogP contribution in [0.3, 0.4) is 0 Å². The van der Waals surface area contributed by atoms with E-state index in [9.17, 15) is 9.59 Å². The molecule has 0 spiro atoms. The largest absolute Gasteiger partial charge is 0.486 e. The molecule has 41 heavy (non-hydrogen) atoms. The van der Waals surface area contributed by atoms with E-state index < -0.39 is 0 Å². The summed E-state index contributed by atoms with van der Waals surface area (Å²) in [6.45, 7) is 0.322. The Morgan fingerprint density at radius 1 is 0.902 bits per heavy atom. The first-order chi connectivity index (χ1) is 20.0. The highest BCUT2D eigenvalue weighted by Gasteiger charge is 2.42. The van der Waals surface area contributed by atoms with Crippen LogP contribution in [0, 0.1) is 5.92 Å². The Balaban J connectivity index is 1.08. The third kappa shape index (κ3) is 4.87. The van der Waals surface area contributed by atoms with Crippen LogP contribution in [-0.4, -0.2) is 12.7 Å². The zero-order valence-electron chi connectivity index (χ0n) is 21.4. The van der Waals surface area contributed by atoms with Crippen molar-refractivity contribution in [2.24, 2.45) is 5.92 Å². The summed E-state index contributed by atoms with van der Waals surface area (Å²) >= 11 is 15.4. The number of fused-ring (bicyclic) bond motifs is 5. The second kappa shape index (κ2) is 10.9. The van der Waals surface area contributed by atoms with Gasteiger partial charge < -0.3 is 18.3 Å². The van der Waals surface area contributed by atoms with Crippen LogP contribution in [0.5, 0.6) is 11.5 Å². The molecular formula is C31H22Cl2O6S2. The van der Waals surface area contributed by atoms with Gasteiger partial charge in [-0.15, -0.1) is 23.1 Å². The highest BCUT2D eigenvalue weighted by atomic mass is 35.5. The van der Waals surface area contributed by atoms with Crippen LogP contribution in [0.4, 0.5) is 0 Å². The van der Waals surface area contributed by atoms with Crippen LogP contribution in [0.15, 0.2) is 83.8 Å². The molecule has 0 radical (unpaired) electrons. The molecule has 5 heterocycles. The SMILES string of the molecule is O=c1c(OCCCCC2Oc3c(oc4ccc(Cl)cc4c3=O)C3SC=CC23)c(-c2cccs2)oc2ccc(Cl)cc12. The van der Waals surface area contributed by atoms with Crippen LogP contribution in [0.1, 0.15) is 30.3 Å². The highest BCUT2D eigenvalue weighted by Crippen LogP contribution is 2.52. The van der Waals surface area contributed by atoms with Crippen molar-refractivity contribution in [3.63, 3.8) is 0 Å². The molecule has 0 N–H and O–H groups in total. The van der Waals surface area contributed by atoms with Crippen LogP contribution in [0.2, 0.25) is 10.0 Å². The zero-order chi connectivity index (χ0) is 28.1. The van der Waals surface area contributed by atoms with E-state index in [-0.39, 0.29) is 39.6 Å². The minimum absolute atomic E-state index is 0.0183. The van der Waals surface area contributed by atoms with Crippen LogP contribution in [-0.2, 0) is 0 Å². The lowest BCUT2D eigenvalue weighted by molar-refractivity contribution is 0.109. The number of benzene rings is 2. The Morgan fingerprint density at radius 2 is 1.66 bits per heavy atom. The Bertz CT molecular complexity index is 1930. The summed E-state index contributed by atoms with van der Waals surface area (Å²) in [6.07, 6.45) is 4.10. The average Bonchev–Trinajstić information content (AvgIpc) is 3.68. The number of ether oxygens (including phenoxy) is 2. The standard InChI is InChI=1S/C31H22Cl2O6S2/c32-16-6-8-22-19(14-16)25(34)28(27(37-22)24-5-3-12-40-24)36-11-2-1-4-21-18-10-13-41-31(18)30-29(38-21)26(35)20-15-17(33)7-9-23(20)39-30/h3,5-10,12-15,18,21,31H,1-2,4,11H2. The molecule has 0 bridgehead atoms. The second-order valence-corrected chi connectivity index (χ2v) is 12.8. The quantitative estimate of drug-likeness (QED) is 0.167. The fraction of sp³-hybridized carbons (Fsp3) is 0.226. The number of unbranched alkanes of at least 4 members (excludes halogenated alkanes) is 1. The molecule has 0 amide bonds. The van der Waals surface area contributed by atoms with Gasteiger partial charge in [0.1, 0.15) is 17.3 Å². The molecule has 2 aromatic carbocycles. The maximum Gasteiger partial charge on any atom is 0.235 e. The van der Waals surface area contributed by atoms with Crippen LogP contribution in [0.25, 0.3) is 32.6 Å². The number of hydrogen-bond donors (Lipinski definition) is 0. The summed E-state index contributed by atoms with van der Waals surface area (Å²) < 4.78 is 24.6. The number of rotatable bonds is 7. The van der Waals surface area contributed by atoms with E-state index in [0.717, 1.165) is 11.3 Å². The molecule has 208 valence electrons. The molecular weight excluding hydrogens is 603 g/mol. The van der Waals surface area contributed by atoms with Crippen molar-refractivity contribution in [1.29, 1.82) is 0 Å². The van der Waals surface area contributed by atoms with Crippen molar-refractivity contribution in [3.8, 4) is 22.1 Å². The van der Waals surface area contributed by atoms with E-state index in [1.54, 1.807) is 48.2 Å². The molecule has 3 unspecified atom stereocenters. The lowest BCUT2D eigenvalue weighted by atomic mass is 9.90. The van der Waals surface area contributed by atoms with Gasteiger partial charge in [0, 0.05) is 16.0 Å². The molecule has 0 fully saturated rings. The number of halogens is 2.